The van der Waals surface area contributed by atoms with E-state index in [1.165, 1.54) is 16.4 Å². The third-order valence-electron chi connectivity index (χ3n) is 3.63. The molecule has 0 aromatic heterocycles. The van der Waals surface area contributed by atoms with Crippen LogP contribution in [0.15, 0.2) is 53.5 Å². The Morgan fingerprint density at radius 3 is 2.52 bits per heavy atom. The van der Waals surface area contributed by atoms with Crippen LogP contribution in [0.5, 0.6) is 0 Å². The van der Waals surface area contributed by atoms with E-state index in [9.17, 15) is 13.2 Å². The van der Waals surface area contributed by atoms with Crippen LogP contribution in [0.2, 0.25) is 0 Å². The lowest BCUT2D eigenvalue weighted by Crippen LogP contribution is -2.36. The maximum Gasteiger partial charge on any atom is 0.248 e. The van der Waals surface area contributed by atoms with Crippen molar-refractivity contribution in [3.8, 4) is 0 Å². The first-order chi connectivity index (χ1) is 11.1. The van der Waals surface area contributed by atoms with E-state index < -0.39 is 10.0 Å². The summed E-state index contributed by atoms with van der Waals surface area (Å²) >= 11 is 0. The Bertz CT molecular complexity index is 702. The van der Waals surface area contributed by atoms with Crippen molar-refractivity contribution in [2.45, 2.75) is 31.1 Å². The second-order valence-electron chi connectivity index (χ2n) is 5.34. The third-order valence-corrected chi connectivity index (χ3v) is 5.59. The smallest absolute Gasteiger partial charge is 0.248 e. The van der Waals surface area contributed by atoms with E-state index in [4.69, 9.17) is 0 Å². The van der Waals surface area contributed by atoms with E-state index in [1.807, 2.05) is 6.92 Å². The molecule has 1 saturated heterocycles. The average Bonchev–Trinajstić information content (AvgIpc) is 2.56. The van der Waals surface area contributed by atoms with Crippen LogP contribution in [-0.2, 0) is 14.8 Å². The Balaban J connectivity index is 2.24. The van der Waals surface area contributed by atoms with Crippen molar-refractivity contribution in [2.75, 3.05) is 18.4 Å². The molecule has 0 saturated carbocycles. The van der Waals surface area contributed by atoms with Crippen LogP contribution in [0.3, 0.4) is 0 Å². The lowest BCUT2D eigenvalue weighted by atomic mass is 10.2. The number of anilines is 1. The van der Waals surface area contributed by atoms with Gasteiger partial charge in [-0.15, -0.1) is 0 Å². The van der Waals surface area contributed by atoms with E-state index in [-0.39, 0.29) is 10.8 Å². The van der Waals surface area contributed by atoms with E-state index in [0.717, 1.165) is 19.3 Å². The number of nitrogens with zero attached hydrogens (tertiary/aromatic N) is 1. The number of para-hydroxylation sites is 1. The van der Waals surface area contributed by atoms with Gasteiger partial charge in [0, 0.05) is 19.2 Å². The standard InChI is InChI=1S/C17H22N2O3S/c1-2-3-5-12-17(20)18-15-10-6-7-11-16(15)23(21,22)19-13-8-4-9-14-19/h2-3,5-7,10-12H,4,8-9,13-14H2,1H3,(H,18,20). The molecule has 1 amide bonds. The number of allylic oxidation sites excluding steroid dienone is 3. The number of rotatable bonds is 5. The van der Waals surface area contributed by atoms with Gasteiger partial charge in [-0.25, -0.2) is 8.42 Å². The maximum absolute atomic E-state index is 12.8. The van der Waals surface area contributed by atoms with Crippen LogP contribution in [0.1, 0.15) is 26.2 Å². The van der Waals surface area contributed by atoms with Gasteiger partial charge in [-0.1, -0.05) is 36.8 Å². The zero-order chi connectivity index (χ0) is 16.7. The highest BCUT2D eigenvalue weighted by Crippen LogP contribution is 2.26. The van der Waals surface area contributed by atoms with Gasteiger partial charge in [0.05, 0.1) is 5.69 Å². The molecule has 0 unspecified atom stereocenters. The fraction of sp³-hybridized carbons (Fsp3) is 0.353. The van der Waals surface area contributed by atoms with Gasteiger partial charge in [0.1, 0.15) is 4.90 Å². The van der Waals surface area contributed by atoms with Gasteiger partial charge in [0.15, 0.2) is 0 Å². The largest absolute Gasteiger partial charge is 0.321 e. The van der Waals surface area contributed by atoms with Crippen molar-refractivity contribution in [2.24, 2.45) is 0 Å². The molecule has 1 aliphatic heterocycles. The number of carbonyl (C=O) groups excluding carboxylic acids is 1. The summed E-state index contributed by atoms with van der Waals surface area (Å²) in [5, 5.41) is 2.65. The van der Waals surface area contributed by atoms with Gasteiger partial charge in [0.25, 0.3) is 0 Å². The van der Waals surface area contributed by atoms with Crippen molar-refractivity contribution < 1.29 is 13.2 Å². The van der Waals surface area contributed by atoms with E-state index in [0.29, 0.717) is 18.8 Å². The molecule has 1 aliphatic rings. The fourth-order valence-electron chi connectivity index (χ4n) is 2.47. The quantitative estimate of drug-likeness (QED) is 0.665. The van der Waals surface area contributed by atoms with Crippen LogP contribution < -0.4 is 5.32 Å². The molecule has 1 aromatic carbocycles. The van der Waals surface area contributed by atoms with Crippen LogP contribution in [0, 0.1) is 0 Å². The SMILES string of the molecule is CC=CC=CC(=O)Nc1ccccc1S(=O)(=O)N1CCCCC1. The van der Waals surface area contributed by atoms with E-state index in [2.05, 4.69) is 5.32 Å². The molecular formula is C17H22N2O3S. The van der Waals surface area contributed by atoms with Crippen LogP contribution in [-0.4, -0.2) is 31.7 Å². The summed E-state index contributed by atoms with van der Waals surface area (Å²) in [6.07, 6.45) is 9.32. The third kappa shape index (κ3) is 4.53. The molecule has 0 spiro atoms. The van der Waals surface area contributed by atoms with Crippen LogP contribution >= 0.6 is 0 Å². The summed E-state index contributed by atoms with van der Waals surface area (Å²) in [5.74, 6) is -0.357. The number of hydrogen-bond acceptors (Lipinski definition) is 3. The molecule has 1 aromatic rings. The molecule has 2 rings (SSSR count). The minimum absolute atomic E-state index is 0.148. The summed E-state index contributed by atoms with van der Waals surface area (Å²) in [4.78, 5) is 12.1. The topological polar surface area (TPSA) is 66.5 Å². The predicted octanol–water partition coefficient (Wildman–Crippen LogP) is 2.93. The van der Waals surface area contributed by atoms with Gasteiger partial charge in [-0.3, -0.25) is 4.79 Å². The number of piperidine rings is 1. The molecule has 1 N–H and O–H groups in total. The second-order valence-corrected chi connectivity index (χ2v) is 7.24. The predicted molar refractivity (Wildman–Crippen MR) is 91.6 cm³/mol. The molecule has 0 bridgehead atoms. The molecule has 1 heterocycles. The van der Waals surface area contributed by atoms with E-state index >= 15 is 0 Å². The number of sulfonamides is 1. The lowest BCUT2D eigenvalue weighted by molar-refractivity contribution is -0.111. The van der Waals surface area contributed by atoms with Gasteiger partial charge in [-0.2, -0.15) is 4.31 Å². The molecule has 1 fully saturated rings. The highest BCUT2D eigenvalue weighted by Gasteiger charge is 2.28. The first-order valence-corrected chi connectivity index (χ1v) is 9.19. The van der Waals surface area contributed by atoms with Gasteiger partial charge < -0.3 is 5.32 Å². The summed E-state index contributed by atoms with van der Waals surface area (Å²) in [6, 6.07) is 6.52. The Kier molecular flexibility index (Phi) is 6.12. The van der Waals surface area contributed by atoms with Gasteiger partial charge in [-0.05, 0) is 31.9 Å². The highest BCUT2D eigenvalue weighted by atomic mass is 32.2. The van der Waals surface area contributed by atoms with Crippen LogP contribution in [0.4, 0.5) is 5.69 Å². The molecule has 23 heavy (non-hydrogen) atoms. The molecule has 5 nitrogen and oxygen atoms in total. The highest BCUT2D eigenvalue weighted by molar-refractivity contribution is 7.89. The summed E-state index contributed by atoms with van der Waals surface area (Å²) < 4.78 is 27.1. The number of benzene rings is 1. The van der Waals surface area contributed by atoms with Crippen LogP contribution in [0.25, 0.3) is 0 Å². The summed E-state index contributed by atoms with van der Waals surface area (Å²) in [6.45, 7) is 2.92. The lowest BCUT2D eigenvalue weighted by Gasteiger charge is -2.26. The van der Waals surface area contributed by atoms with Crippen molar-refractivity contribution in [1.82, 2.24) is 4.31 Å². The van der Waals surface area contributed by atoms with Crippen molar-refractivity contribution in [3.63, 3.8) is 0 Å². The summed E-state index contributed by atoms with van der Waals surface area (Å²) in [7, 11) is -3.58. The minimum atomic E-state index is -3.58. The van der Waals surface area contributed by atoms with Crippen molar-refractivity contribution >= 4 is 21.6 Å². The molecule has 0 atom stereocenters. The Labute approximate surface area is 137 Å². The average molecular weight is 334 g/mol. The zero-order valence-electron chi connectivity index (χ0n) is 13.2. The van der Waals surface area contributed by atoms with Crippen molar-refractivity contribution in [3.05, 3.63) is 48.6 Å². The molecule has 0 radical (unpaired) electrons. The van der Waals surface area contributed by atoms with Crippen molar-refractivity contribution in [1.29, 1.82) is 0 Å². The summed E-state index contributed by atoms with van der Waals surface area (Å²) in [5.41, 5.74) is 0.313. The van der Waals surface area contributed by atoms with E-state index in [1.54, 1.807) is 36.4 Å². The number of hydrogen-bond donors (Lipinski definition) is 1. The zero-order valence-corrected chi connectivity index (χ0v) is 14.1. The molecular weight excluding hydrogens is 312 g/mol. The Hall–Kier alpha value is -1.92. The Morgan fingerprint density at radius 1 is 1.13 bits per heavy atom. The number of carbonyl (C=O) groups is 1. The monoisotopic (exact) mass is 334 g/mol. The van der Waals surface area contributed by atoms with Gasteiger partial charge in [0.2, 0.25) is 15.9 Å². The normalized spacial score (nSPS) is 16.9. The van der Waals surface area contributed by atoms with Gasteiger partial charge >= 0.3 is 0 Å². The first kappa shape index (κ1) is 17.4. The Morgan fingerprint density at radius 2 is 1.83 bits per heavy atom. The number of nitrogens with one attached hydrogen (secondary N) is 1. The first-order valence-electron chi connectivity index (χ1n) is 7.75. The number of amides is 1. The second kappa shape index (κ2) is 8.08. The molecule has 0 aliphatic carbocycles. The maximum atomic E-state index is 12.8. The molecule has 124 valence electrons. The minimum Gasteiger partial charge on any atom is -0.321 e. The fourth-order valence-corrected chi connectivity index (χ4v) is 4.13. The molecule has 6 heteroatoms.